The van der Waals surface area contributed by atoms with Gasteiger partial charge in [-0.2, -0.15) is 0 Å². The summed E-state index contributed by atoms with van der Waals surface area (Å²) >= 11 is 0. The average Bonchev–Trinajstić information content (AvgIpc) is 2.44. The van der Waals surface area contributed by atoms with E-state index < -0.39 is 0 Å². The van der Waals surface area contributed by atoms with E-state index in [1.54, 1.807) is 18.2 Å². The molecule has 0 spiro atoms. The zero-order valence-electron chi connectivity index (χ0n) is 11.4. The Morgan fingerprint density at radius 2 is 1.42 bits per heavy atom. The number of para-hydroxylation sites is 1. The Labute approximate surface area is 114 Å². The van der Waals surface area contributed by atoms with Crippen LogP contribution in [0.25, 0.3) is 0 Å². The molecule has 2 heteroatoms. The molecule has 0 aliphatic rings. The summed E-state index contributed by atoms with van der Waals surface area (Å²) in [6.45, 7) is 4.26. The van der Waals surface area contributed by atoms with Gasteiger partial charge in [0.05, 0.1) is 0 Å². The molecule has 0 unspecified atom stereocenters. The van der Waals surface area contributed by atoms with Crippen molar-refractivity contribution in [3.63, 3.8) is 0 Å². The van der Waals surface area contributed by atoms with E-state index in [1.165, 1.54) is 0 Å². The van der Waals surface area contributed by atoms with Gasteiger partial charge in [-0.1, -0.05) is 44.2 Å². The normalized spacial score (nSPS) is 11.5. The van der Waals surface area contributed by atoms with E-state index in [0.29, 0.717) is 5.75 Å². The number of aromatic hydroxyl groups is 2. The zero-order valence-corrected chi connectivity index (χ0v) is 11.4. The molecule has 0 amide bonds. The lowest BCUT2D eigenvalue weighted by atomic mass is 9.70. The van der Waals surface area contributed by atoms with Crippen LogP contribution in [0, 0.1) is 0 Å². The fraction of sp³-hybridized carbons (Fsp3) is 0.294. The molecule has 19 heavy (non-hydrogen) atoms. The van der Waals surface area contributed by atoms with E-state index in [1.807, 2.05) is 30.3 Å². The van der Waals surface area contributed by atoms with Crippen LogP contribution in [0.2, 0.25) is 0 Å². The third-order valence-electron chi connectivity index (χ3n) is 4.05. The predicted octanol–water partition coefficient (Wildman–Crippen LogP) is 4.20. The Bertz CT molecular complexity index is 539. The second-order valence-corrected chi connectivity index (χ2v) is 4.85. The molecule has 2 nitrogen and oxygen atoms in total. The van der Waals surface area contributed by atoms with Crippen molar-refractivity contribution in [1.29, 1.82) is 0 Å². The summed E-state index contributed by atoms with van der Waals surface area (Å²) in [6, 6.07) is 14.8. The van der Waals surface area contributed by atoms with Gasteiger partial charge >= 0.3 is 0 Å². The first-order valence-electron chi connectivity index (χ1n) is 6.72. The number of rotatable bonds is 4. The monoisotopic (exact) mass is 256 g/mol. The largest absolute Gasteiger partial charge is 0.508 e. The van der Waals surface area contributed by atoms with E-state index >= 15 is 0 Å². The topological polar surface area (TPSA) is 40.5 Å². The molecule has 2 aromatic rings. The zero-order chi connectivity index (χ0) is 13.9. The molecule has 0 saturated heterocycles. The van der Waals surface area contributed by atoms with Crippen LogP contribution < -0.4 is 0 Å². The SMILES string of the molecule is CCC(CC)(c1ccc(O)cc1)c1ccccc1O. The minimum absolute atomic E-state index is 0.209. The number of phenols is 2. The summed E-state index contributed by atoms with van der Waals surface area (Å²) < 4.78 is 0. The second kappa shape index (κ2) is 5.35. The maximum Gasteiger partial charge on any atom is 0.119 e. The number of hydrogen-bond donors (Lipinski definition) is 2. The standard InChI is InChI=1S/C17H20O2/c1-3-17(4-2,13-9-11-14(18)12-10-13)15-7-5-6-8-16(15)19/h5-12,18-19H,3-4H2,1-2H3. The lowest BCUT2D eigenvalue weighted by Crippen LogP contribution is -2.26. The molecule has 2 rings (SSSR count). The summed E-state index contributed by atoms with van der Waals surface area (Å²) in [5.74, 6) is 0.599. The molecule has 0 heterocycles. The van der Waals surface area contributed by atoms with Gasteiger partial charge in [0.15, 0.2) is 0 Å². The molecule has 2 N–H and O–H groups in total. The highest BCUT2D eigenvalue weighted by molar-refractivity contribution is 5.47. The maximum atomic E-state index is 10.2. The minimum Gasteiger partial charge on any atom is -0.508 e. The van der Waals surface area contributed by atoms with E-state index in [4.69, 9.17) is 0 Å². The summed E-state index contributed by atoms with van der Waals surface area (Å²) in [5, 5.41) is 19.6. The number of benzene rings is 2. The molecule has 0 atom stereocenters. The summed E-state index contributed by atoms with van der Waals surface area (Å²) in [7, 11) is 0. The van der Waals surface area contributed by atoms with Crippen molar-refractivity contribution in [1.82, 2.24) is 0 Å². The Morgan fingerprint density at radius 1 is 0.842 bits per heavy atom. The highest BCUT2D eigenvalue weighted by Crippen LogP contribution is 2.42. The third-order valence-corrected chi connectivity index (χ3v) is 4.05. The van der Waals surface area contributed by atoms with E-state index in [9.17, 15) is 10.2 Å². The molecule has 0 radical (unpaired) electrons. The molecule has 100 valence electrons. The lowest BCUT2D eigenvalue weighted by Gasteiger charge is -2.33. The van der Waals surface area contributed by atoms with Crippen molar-refractivity contribution in [3.05, 3.63) is 59.7 Å². The molecule has 0 aliphatic carbocycles. The Kier molecular flexibility index (Phi) is 3.79. The maximum absolute atomic E-state index is 10.2. The number of hydrogen-bond acceptors (Lipinski definition) is 2. The van der Waals surface area contributed by atoms with Gasteiger partial charge in [-0.3, -0.25) is 0 Å². The molecule has 0 saturated carbocycles. The van der Waals surface area contributed by atoms with Crippen molar-refractivity contribution in [3.8, 4) is 11.5 Å². The van der Waals surface area contributed by atoms with Gasteiger partial charge in [0.25, 0.3) is 0 Å². The Hall–Kier alpha value is -1.96. The fourth-order valence-electron chi connectivity index (χ4n) is 2.85. The molecule has 0 fully saturated rings. The first-order valence-corrected chi connectivity index (χ1v) is 6.72. The van der Waals surface area contributed by atoms with Crippen molar-refractivity contribution < 1.29 is 10.2 Å². The molecule has 0 aromatic heterocycles. The minimum atomic E-state index is -0.209. The van der Waals surface area contributed by atoms with Gasteiger partial charge in [-0.25, -0.2) is 0 Å². The quantitative estimate of drug-likeness (QED) is 0.860. The van der Waals surface area contributed by atoms with Crippen LogP contribution in [-0.4, -0.2) is 10.2 Å². The van der Waals surface area contributed by atoms with Crippen LogP contribution in [0.15, 0.2) is 48.5 Å². The smallest absolute Gasteiger partial charge is 0.119 e. The molecular weight excluding hydrogens is 236 g/mol. The van der Waals surface area contributed by atoms with Crippen LogP contribution in [0.4, 0.5) is 0 Å². The van der Waals surface area contributed by atoms with Crippen LogP contribution in [0.3, 0.4) is 0 Å². The second-order valence-electron chi connectivity index (χ2n) is 4.85. The Morgan fingerprint density at radius 3 is 1.95 bits per heavy atom. The molecule has 2 aromatic carbocycles. The third kappa shape index (κ3) is 2.30. The van der Waals surface area contributed by atoms with Gasteiger partial charge in [-0.05, 0) is 36.6 Å². The average molecular weight is 256 g/mol. The van der Waals surface area contributed by atoms with Crippen molar-refractivity contribution in [2.24, 2.45) is 0 Å². The van der Waals surface area contributed by atoms with Crippen LogP contribution >= 0.6 is 0 Å². The summed E-state index contributed by atoms with van der Waals surface area (Å²) in [5.41, 5.74) is 1.86. The van der Waals surface area contributed by atoms with Crippen LogP contribution in [0.5, 0.6) is 11.5 Å². The predicted molar refractivity (Wildman–Crippen MR) is 77.6 cm³/mol. The number of phenolic OH excluding ortho intramolecular Hbond substituents is 2. The first-order chi connectivity index (χ1) is 9.14. The lowest BCUT2D eigenvalue weighted by molar-refractivity contribution is 0.418. The van der Waals surface area contributed by atoms with E-state index in [0.717, 1.165) is 24.0 Å². The fourth-order valence-corrected chi connectivity index (χ4v) is 2.85. The van der Waals surface area contributed by atoms with Crippen LogP contribution in [-0.2, 0) is 5.41 Å². The van der Waals surface area contributed by atoms with Gasteiger partial charge in [-0.15, -0.1) is 0 Å². The van der Waals surface area contributed by atoms with Gasteiger partial charge < -0.3 is 10.2 Å². The van der Waals surface area contributed by atoms with Gasteiger partial charge in [0, 0.05) is 11.0 Å². The van der Waals surface area contributed by atoms with E-state index in [2.05, 4.69) is 13.8 Å². The van der Waals surface area contributed by atoms with Crippen molar-refractivity contribution in [2.45, 2.75) is 32.1 Å². The van der Waals surface area contributed by atoms with Crippen molar-refractivity contribution in [2.75, 3.05) is 0 Å². The van der Waals surface area contributed by atoms with Gasteiger partial charge in [0.1, 0.15) is 11.5 Å². The van der Waals surface area contributed by atoms with Gasteiger partial charge in [0.2, 0.25) is 0 Å². The first kappa shape index (κ1) is 13.5. The highest BCUT2D eigenvalue weighted by Gasteiger charge is 2.32. The Balaban J connectivity index is 2.61. The van der Waals surface area contributed by atoms with Crippen LogP contribution in [0.1, 0.15) is 37.8 Å². The summed E-state index contributed by atoms with van der Waals surface area (Å²) in [4.78, 5) is 0. The molecule has 0 aliphatic heterocycles. The van der Waals surface area contributed by atoms with Crippen molar-refractivity contribution >= 4 is 0 Å². The van der Waals surface area contributed by atoms with E-state index in [-0.39, 0.29) is 11.2 Å². The highest BCUT2D eigenvalue weighted by atomic mass is 16.3. The summed E-state index contributed by atoms with van der Waals surface area (Å²) in [6.07, 6.45) is 1.79. The molecule has 0 bridgehead atoms. The molecular formula is C17H20O2.